The van der Waals surface area contributed by atoms with Crippen LogP contribution in [0.1, 0.15) is 16.8 Å². The molecule has 3 aromatic heterocycles. The van der Waals surface area contributed by atoms with Crippen LogP contribution in [-0.2, 0) is 17.4 Å². The zero-order valence-electron chi connectivity index (χ0n) is 20.6. The lowest BCUT2D eigenvalue weighted by atomic mass is 10.0. The number of rotatable bonds is 8. The molecule has 1 atom stereocenters. The van der Waals surface area contributed by atoms with Gasteiger partial charge in [0.2, 0.25) is 5.95 Å². The van der Waals surface area contributed by atoms with Gasteiger partial charge in [-0.3, -0.25) is 0 Å². The minimum atomic E-state index is -4.58. The highest BCUT2D eigenvalue weighted by Gasteiger charge is 2.32. The number of nitrogens with one attached hydrogen (secondary N) is 3. The maximum Gasteiger partial charge on any atom is 0.433 e. The van der Waals surface area contributed by atoms with Crippen molar-refractivity contribution in [3.05, 3.63) is 96.1 Å². The van der Waals surface area contributed by atoms with E-state index in [1.807, 2.05) is 43.5 Å². The molecular formula is C28H23F3N6O2. The van der Waals surface area contributed by atoms with Crippen LogP contribution in [0.4, 0.5) is 30.6 Å². The predicted molar refractivity (Wildman–Crippen MR) is 142 cm³/mol. The largest absolute Gasteiger partial charge is 0.480 e. The molecule has 4 N–H and O–H groups in total. The number of fused-ring (bicyclic) bond motifs is 1. The molecule has 0 unspecified atom stereocenters. The van der Waals surface area contributed by atoms with Crippen LogP contribution in [-0.4, -0.2) is 37.1 Å². The molecule has 0 aliphatic carbocycles. The number of aromatic amines is 1. The molecule has 39 heavy (non-hydrogen) atoms. The Morgan fingerprint density at radius 2 is 1.87 bits per heavy atom. The number of H-pyrrole nitrogens is 1. The Balaban J connectivity index is 1.32. The summed E-state index contributed by atoms with van der Waals surface area (Å²) in [4.78, 5) is 27.0. The van der Waals surface area contributed by atoms with Crippen molar-refractivity contribution in [2.45, 2.75) is 25.6 Å². The number of benzene rings is 2. The van der Waals surface area contributed by atoms with E-state index in [4.69, 9.17) is 0 Å². The fraction of sp³-hybridized carbons (Fsp3) is 0.143. The third-order valence-electron chi connectivity index (χ3n) is 6.10. The SMILES string of the molecule is Cc1cc(Nc2nccc(C(F)(F)F)n2)cc(-c2ccc(N[C@H](Cc3c[nH]c4ccccc34)C(=O)O)nc2)c1. The average molecular weight is 533 g/mol. The fourth-order valence-corrected chi connectivity index (χ4v) is 4.28. The normalized spacial score (nSPS) is 12.3. The molecule has 198 valence electrons. The van der Waals surface area contributed by atoms with Gasteiger partial charge in [0.25, 0.3) is 0 Å². The number of halogens is 3. The second-order valence-corrected chi connectivity index (χ2v) is 9.01. The number of carboxylic acid groups (broad SMARTS) is 1. The van der Waals surface area contributed by atoms with Crippen LogP contribution in [0.2, 0.25) is 0 Å². The average Bonchev–Trinajstić information content (AvgIpc) is 3.31. The van der Waals surface area contributed by atoms with Gasteiger partial charge in [-0.1, -0.05) is 24.3 Å². The van der Waals surface area contributed by atoms with Crippen LogP contribution in [0.5, 0.6) is 0 Å². The third-order valence-corrected chi connectivity index (χ3v) is 6.10. The number of anilines is 3. The molecule has 0 aliphatic heterocycles. The van der Waals surface area contributed by atoms with Gasteiger partial charge >= 0.3 is 12.1 Å². The van der Waals surface area contributed by atoms with E-state index in [0.29, 0.717) is 11.5 Å². The lowest BCUT2D eigenvalue weighted by Gasteiger charge is -2.15. The first-order chi connectivity index (χ1) is 18.7. The van der Waals surface area contributed by atoms with Crippen molar-refractivity contribution in [1.29, 1.82) is 0 Å². The summed E-state index contributed by atoms with van der Waals surface area (Å²) in [6.07, 6.45) is 0.146. The number of carbonyl (C=O) groups is 1. The fourth-order valence-electron chi connectivity index (χ4n) is 4.28. The summed E-state index contributed by atoms with van der Waals surface area (Å²) in [5, 5.41) is 16.6. The minimum absolute atomic E-state index is 0.172. The van der Waals surface area contributed by atoms with E-state index in [-0.39, 0.29) is 12.4 Å². The van der Waals surface area contributed by atoms with Gasteiger partial charge in [0.1, 0.15) is 17.6 Å². The Bertz CT molecular complexity index is 1630. The summed E-state index contributed by atoms with van der Waals surface area (Å²) in [5.41, 5.74) is 3.64. The van der Waals surface area contributed by atoms with Crippen molar-refractivity contribution in [2.75, 3.05) is 10.6 Å². The summed E-state index contributed by atoms with van der Waals surface area (Å²) in [6.45, 7) is 1.85. The van der Waals surface area contributed by atoms with Crippen LogP contribution in [0, 0.1) is 6.92 Å². The molecule has 0 spiro atoms. The number of aryl methyl sites for hydroxylation is 1. The van der Waals surface area contributed by atoms with Crippen molar-refractivity contribution < 1.29 is 23.1 Å². The Hall–Kier alpha value is -4.93. The number of aliphatic carboxylic acids is 1. The molecule has 0 radical (unpaired) electrons. The molecule has 2 aromatic carbocycles. The smallest absolute Gasteiger partial charge is 0.433 e. The molecule has 0 saturated heterocycles. The number of hydrogen-bond donors (Lipinski definition) is 4. The van der Waals surface area contributed by atoms with Crippen LogP contribution in [0.25, 0.3) is 22.0 Å². The second-order valence-electron chi connectivity index (χ2n) is 9.01. The number of nitrogens with zero attached hydrogens (tertiary/aromatic N) is 3. The molecule has 3 heterocycles. The number of aromatic nitrogens is 4. The minimum Gasteiger partial charge on any atom is -0.480 e. The van der Waals surface area contributed by atoms with Gasteiger partial charge in [-0.15, -0.1) is 0 Å². The van der Waals surface area contributed by atoms with Crippen molar-refractivity contribution in [2.24, 2.45) is 0 Å². The first-order valence-corrected chi connectivity index (χ1v) is 12.0. The van der Waals surface area contributed by atoms with E-state index in [1.165, 1.54) is 0 Å². The van der Waals surface area contributed by atoms with E-state index < -0.39 is 23.9 Å². The van der Waals surface area contributed by atoms with E-state index in [0.717, 1.165) is 45.4 Å². The lowest BCUT2D eigenvalue weighted by Crippen LogP contribution is -2.31. The zero-order valence-corrected chi connectivity index (χ0v) is 20.6. The predicted octanol–water partition coefficient (Wildman–Crippen LogP) is 6.20. The highest BCUT2D eigenvalue weighted by Crippen LogP contribution is 2.30. The van der Waals surface area contributed by atoms with Gasteiger partial charge in [0.15, 0.2) is 0 Å². The highest BCUT2D eigenvalue weighted by molar-refractivity contribution is 5.85. The van der Waals surface area contributed by atoms with Crippen LogP contribution in [0.3, 0.4) is 0 Å². The molecule has 0 aliphatic rings. The molecule has 0 amide bonds. The molecule has 8 nitrogen and oxygen atoms in total. The van der Waals surface area contributed by atoms with Gasteiger partial charge < -0.3 is 20.7 Å². The van der Waals surface area contributed by atoms with Crippen molar-refractivity contribution in [3.8, 4) is 11.1 Å². The Kier molecular flexibility index (Phi) is 6.88. The van der Waals surface area contributed by atoms with Gasteiger partial charge in [0.05, 0.1) is 0 Å². The molecular weight excluding hydrogens is 509 g/mol. The number of alkyl halides is 3. The summed E-state index contributed by atoms with van der Waals surface area (Å²) in [7, 11) is 0. The third kappa shape index (κ3) is 5.98. The molecule has 0 fully saturated rings. The zero-order chi connectivity index (χ0) is 27.6. The topological polar surface area (TPSA) is 116 Å². The molecule has 0 bridgehead atoms. The standard InChI is InChI=1S/C28H23F3N6O2/c1-16-10-18(12-20(11-16)35-27-32-9-8-24(37-27)28(29,30)31)17-6-7-25(34-14-17)36-23(26(38)39)13-19-15-33-22-5-3-2-4-21(19)22/h2-12,14-15,23,33H,13H2,1H3,(H,34,36)(H,38,39)(H,32,35,37)/t23-/m1/s1. The Morgan fingerprint density at radius 3 is 2.62 bits per heavy atom. The highest BCUT2D eigenvalue weighted by atomic mass is 19.4. The molecule has 5 rings (SSSR count). The first kappa shape index (κ1) is 25.7. The number of para-hydroxylation sites is 1. The Morgan fingerprint density at radius 1 is 1.05 bits per heavy atom. The van der Waals surface area contributed by atoms with E-state index in [9.17, 15) is 23.1 Å². The van der Waals surface area contributed by atoms with Gasteiger partial charge in [-0.2, -0.15) is 13.2 Å². The van der Waals surface area contributed by atoms with E-state index >= 15 is 0 Å². The maximum atomic E-state index is 13.0. The maximum absolute atomic E-state index is 13.0. The summed E-state index contributed by atoms with van der Waals surface area (Å²) in [5.74, 6) is -0.777. The summed E-state index contributed by atoms with van der Waals surface area (Å²) in [6, 6.07) is 16.5. The van der Waals surface area contributed by atoms with Crippen LogP contribution in [0.15, 0.2) is 79.3 Å². The molecule has 5 aromatic rings. The van der Waals surface area contributed by atoms with Crippen molar-refractivity contribution in [1.82, 2.24) is 19.9 Å². The lowest BCUT2D eigenvalue weighted by molar-refractivity contribution is -0.141. The summed E-state index contributed by atoms with van der Waals surface area (Å²) < 4.78 is 39.0. The van der Waals surface area contributed by atoms with E-state index in [2.05, 4.69) is 30.6 Å². The Labute approximate surface area is 221 Å². The second kappa shape index (κ2) is 10.4. The monoisotopic (exact) mass is 532 g/mol. The van der Waals surface area contributed by atoms with Crippen LogP contribution < -0.4 is 10.6 Å². The first-order valence-electron chi connectivity index (χ1n) is 12.0. The summed E-state index contributed by atoms with van der Waals surface area (Å²) >= 11 is 0. The quantitative estimate of drug-likeness (QED) is 0.188. The number of pyridine rings is 1. The number of carboxylic acids is 1. The number of hydrogen-bond acceptors (Lipinski definition) is 6. The van der Waals surface area contributed by atoms with Gasteiger partial charge in [-0.25, -0.2) is 19.7 Å². The van der Waals surface area contributed by atoms with Gasteiger partial charge in [0, 0.05) is 47.2 Å². The van der Waals surface area contributed by atoms with E-state index in [1.54, 1.807) is 30.5 Å². The van der Waals surface area contributed by atoms with Crippen molar-refractivity contribution >= 4 is 34.3 Å². The molecule has 11 heteroatoms. The van der Waals surface area contributed by atoms with Crippen LogP contribution >= 0.6 is 0 Å². The van der Waals surface area contributed by atoms with Crippen molar-refractivity contribution in [3.63, 3.8) is 0 Å². The molecule has 0 saturated carbocycles. The van der Waals surface area contributed by atoms with Gasteiger partial charge in [-0.05, 0) is 60.0 Å².